The van der Waals surface area contributed by atoms with Crippen LogP contribution >= 0.6 is 0 Å². The Balaban J connectivity index is 1.96. The summed E-state index contributed by atoms with van der Waals surface area (Å²) in [5, 5.41) is 9.39. The van der Waals surface area contributed by atoms with Crippen molar-refractivity contribution in [3.63, 3.8) is 0 Å². The maximum Gasteiger partial charge on any atom is 0.257 e. The third-order valence-electron chi connectivity index (χ3n) is 4.71. The summed E-state index contributed by atoms with van der Waals surface area (Å²) in [4.78, 5) is 16.3. The molecule has 0 aliphatic rings. The second-order valence-corrected chi connectivity index (χ2v) is 7.60. The molecule has 0 heterocycles. The van der Waals surface area contributed by atoms with E-state index >= 15 is 0 Å². The Kier molecular flexibility index (Phi) is 10.4. The molecule has 0 aliphatic carbocycles. The summed E-state index contributed by atoms with van der Waals surface area (Å²) in [6, 6.07) is 12.3. The van der Waals surface area contributed by atoms with Crippen LogP contribution in [0.4, 0.5) is 0 Å². The predicted octanol–water partition coefficient (Wildman–Crippen LogP) is 3.12. The number of amides is 1. The zero-order valence-electron chi connectivity index (χ0n) is 19.9. The molecule has 0 saturated carbocycles. The molecule has 0 bridgehead atoms. The van der Waals surface area contributed by atoms with Crippen LogP contribution in [0.2, 0.25) is 0 Å². The van der Waals surface area contributed by atoms with Gasteiger partial charge in [0, 0.05) is 19.6 Å². The molecule has 1 amide bonds. The zero-order valence-corrected chi connectivity index (χ0v) is 19.9. The molecule has 0 spiro atoms. The first kappa shape index (κ1) is 25.0. The van der Waals surface area contributed by atoms with E-state index < -0.39 is 0 Å². The smallest absolute Gasteiger partial charge is 0.257 e. The summed E-state index contributed by atoms with van der Waals surface area (Å²) in [6.45, 7) is 10.8. The molecule has 174 valence electrons. The van der Waals surface area contributed by atoms with Gasteiger partial charge in [-0.05, 0) is 57.4 Å². The third kappa shape index (κ3) is 8.49. The fourth-order valence-corrected chi connectivity index (χ4v) is 3.37. The van der Waals surface area contributed by atoms with Gasteiger partial charge in [-0.25, -0.2) is 4.99 Å². The Morgan fingerprint density at radius 3 is 2.28 bits per heavy atom. The number of methoxy groups -OCH3 is 1. The summed E-state index contributed by atoms with van der Waals surface area (Å²) in [5.74, 6) is 1.72. The molecule has 7 heteroatoms. The molecule has 0 saturated heterocycles. The van der Waals surface area contributed by atoms with E-state index in [1.807, 2.05) is 32.0 Å². The number of nitrogens with one attached hydrogen (secondary N) is 3. The van der Waals surface area contributed by atoms with Crippen molar-refractivity contribution in [1.29, 1.82) is 0 Å². The first-order valence-electron chi connectivity index (χ1n) is 11.1. The van der Waals surface area contributed by atoms with Gasteiger partial charge in [0.15, 0.2) is 24.1 Å². The number of aryl methyl sites for hydroxylation is 2. The predicted molar refractivity (Wildman–Crippen MR) is 130 cm³/mol. The average molecular weight is 441 g/mol. The van der Waals surface area contributed by atoms with Crippen LogP contribution in [0.15, 0.2) is 41.4 Å². The molecule has 0 aliphatic heterocycles. The van der Waals surface area contributed by atoms with E-state index in [9.17, 15) is 4.79 Å². The van der Waals surface area contributed by atoms with Crippen LogP contribution < -0.4 is 25.4 Å². The van der Waals surface area contributed by atoms with E-state index in [0.29, 0.717) is 24.6 Å². The van der Waals surface area contributed by atoms with Crippen molar-refractivity contribution in [3.8, 4) is 11.5 Å². The standard InChI is InChI=1S/C25H36N4O3/c1-6-26-24(30)17-32-22-9-8-21(15-23(22)31-5)16-29-25(27-7-2)28-11-10-20-13-18(3)12-19(4)14-20/h8-9,12-15H,6-7,10-11,16-17H2,1-5H3,(H,26,30)(H2,27,28,29). The molecule has 0 aromatic heterocycles. The Morgan fingerprint density at radius 2 is 1.62 bits per heavy atom. The van der Waals surface area contributed by atoms with Gasteiger partial charge >= 0.3 is 0 Å². The molecule has 0 unspecified atom stereocenters. The Bertz CT molecular complexity index is 892. The summed E-state index contributed by atoms with van der Waals surface area (Å²) in [6.07, 6.45) is 0.929. The van der Waals surface area contributed by atoms with Crippen molar-refractivity contribution < 1.29 is 14.3 Å². The van der Waals surface area contributed by atoms with Crippen LogP contribution in [0.25, 0.3) is 0 Å². The first-order valence-corrected chi connectivity index (χ1v) is 11.1. The highest BCUT2D eigenvalue weighted by Crippen LogP contribution is 2.28. The van der Waals surface area contributed by atoms with Crippen LogP contribution in [-0.2, 0) is 17.8 Å². The molecule has 2 aromatic rings. The van der Waals surface area contributed by atoms with E-state index in [1.54, 1.807) is 7.11 Å². The van der Waals surface area contributed by atoms with Gasteiger partial charge in [-0.2, -0.15) is 0 Å². The van der Waals surface area contributed by atoms with Crippen LogP contribution in [0.5, 0.6) is 11.5 Å². The van der Waals surface area contributed by atoms with Gasteiger partial charge in [0.2, 0.25) is 0 Å². The number of ether oxygens (including phenoxy) is 2. The Morgan fingerprint density at radius 1 is 0.906 bits per heavy atom. The lowest BCUT2D eigenvalue weighted by Crippen LogP contribution is -2.38. The van der Waals surface area contributed by atoms with E-state index in [4.69, 9.17) is 9.47 Å². The van der Waals surface area contributed by atoms with Crippen molar-refractivity contribution in [1.82, 2.24) is 16.0 Å². The molecule has 32 heavy (non-hydrogen) atoms. The van der Waals surface area contributed by atoms with Crippen molar-refractivity contribution in [2.45, 2.75) is 40.7 Å². The Hall–Kier alpha value is -3.22. The minimum Gasteiger partial charge on any atom is -0.493 e. The number of nitrogens with zero attached hydrogens (tertiary/aromatic N) is 1. The number of hydrogen-bond donors (Lipinski definition) is 3. The van der Waals surface area contributed by atoms with E-state index in [0.717, 1.165) is 31.0 Å². The molecule has 2 rings (SSSR count). The van der Waals surface area contributed by atoms with Crippen LogP contribution in [0.1, 0.15) is 36.1 Å². The van der Waals surface area contributed by atoms with E-state index in [1.165, 1.54) is 16.7 Å². The van der Waals surface area contributed by atoms with E-state index in [2.05, 4.69) is 53.0 Å². The molecule has 0 atom stereocenters. The van der Waals surface area contributed by atoms with Gasteiger partial charge in [-0.1, -0.05) is 35.4 Å². The fourth-order valence-electron chi connectivity index (χ4n) is 3.37. The maximum atomic E-state index is 11.6. The van der Waals surface area contributed by atoms with Gasteiger partial charge < -0.3 is 25.4 Å². The minimum absolute atomic E-state index is 0.0450. The topological polar surface area (TPSA) is 84.0 Å². The average Bonchev–Trinajstić information content (AvgIpc) is 2.75. The quantitative estimate of drug-likeness (QED) is 0.369. The number of hydrogen-bond acceptors (Lipinski definition) is 4. The number of carbonyl (C=O) groups excluding carboxylic acids is 1. The molecule has 7 nitrogen and oxygen atoms in total. The second kappa shape index (κ2) is 13.2. The number of benzene rings is 2. The third-order valence-corrected chi connectivity index (χ3v) is 4.71. The number of aliphatic imine (C=N–C) groups is 1. The lowest BCUT2D eigenvalue weighted by Gasteiger charge is -2.13. The van der Waals surface area contributed by atoms with E-state index in [-0.39, 0.29) is 12.5 Å². The maximum absolute atomic E-state index is 11.6. The highest BCUT2D eigenvalue weighted by molar-refractivity contribution is 5.79. The molecule has 3 N–H and O–H groups in total. The van der Waals surface area contributed by atoms with Crippen molar-refractivity contribution in [2.75, 3.05) is 33.4 Å². The van der Waals surface area contributed by atoms with Crippen LogP contribution in [-0.4, -0.2) is 45.2 Å². The lowest BCUT2D eigenvalue weighted by molar-refractivity contribution is -0.123. The minimum atomic E-state index is -0.162. The Labute approximate surface area is 191 Å². The SMILES string of the molecule is CCNC(=O)COc1ccc(CN=C(NCC)NCCc2cc(C)cc(C)c2)cc1OC. The van der Waals surface area contributed by atoms with Crippen molar-refractivity contribution in [3.05, 3.63) is 58.7 Å². The van der Waals surface area contributed by atoms with Crippen molar-refractivity contribution >= 4 is 11.9 Å². The summed E-state index contributed by atoms with van der Waals surface area (Å²) < 4.78 is 11.0. The van der Waals surface area contributed by atoms with Gasteiger partial charge in [0.1, 0.15) is 0 Å². The molecule has 2 aromatic carbocycles. The second-order valence-electron chi connectivity index (χ2n) is 7.60. The highest BCUT2D eigenvalue weighted by atomic mass is 16.5. The molecular weight excluding hydrogens is 404 g/mol. The lowest BCUT2D eigenvalue weighted by atomic mass is 10.1. The van der Waals surface area contributed by atoms with Gasteiger partial charge in [-0.3, -0.25) is 4.79 Å². The van der Waals surface area contributed by atoms with Gasteiger partial charge in [0.25, 0.3) is 5.91 Å². The number of rotatable bonds is 11. The molecular formula is C25H36N4O3. The number of likely N-dealkylation sites (N-methyl/N-ethyl adjacent to an activating group) is 1. The highest BCUT2D eigenvalue weighted by Gasteiger charge is 2.08. The van der Waals surface area contributed by atoms with Crippen LogP contribution in [0.3, 0.4) is 0 Å². The fraction of sp³-hybridized carbons (Fsp3) is 0.440. The van der Waals surface area contributed by atoms with Crippen LogP contribution in [0, 0.1) is 13.8 Å². The zero-order chi connectivity index (χ0) is 23.3. The monoisotopic (exact) mass is 440 g/mol. The summed E-state index contributed by atoms with van der Waals surface area (Å²) in [5.41, 5.74) is 4.87. The largest absolute Gasteiger partial charge is 0.493 e. The van der Waals surface area contributed by atoms with Gasteiger partial charge in [0.05, 0.1) is 13.7 Å². The first-order chi connectivity index (χ1) is 15.4. The van der Waals surface area contributed by atoms with Gasteiger partial charge in [-0.15, -0.1) is 0 Å². The van der Waals surface area contributed by atoms with Crippen molar-refractivity contribution in [2.24, 2.45) is 4.99 Å². The molecule has 0 radical (unpaired) electrons. The normalized spacial score (nSPS) is 11.1. The summed E-state index contributed by atoms with van der Waals surface area (Å²) >= 11 is 0. The number of guanidine groups is 1. The number of carbonyl (C=O) groups is 1. The molecule has 0 fully saturated rings. The summed E-state index contributed by atoms with van der Waals surface area (Å²) in [7, 11) is 1.58.